The molecule has 3 N–H and O–H groups in total. The van der Waals surface area contributed by atoms with Gasteiger partial charge >= 0.3 is 5.97 Å². The Kier molecular flexibility index (Phi) is 5.91. The number of hydrogen-bond acceptors (Lipinski definition) is 4. The second-order valence-electron chi connectivity index (χ2n) is 6.80. The Morgan fingerprint density at radius 2 is 1.89 bits per heavy atom. The molecule has 1 amide bonds. The fourth-order valence-corrected chi connectivity index (χ4v) is 3.52. The van der Waals surface area contributed by atoms with E-state index < -0.39 is 5.97 Å². The minimum Gasteiger partial charge on any atom is -0.475 e. The van der Waals surface area contributed by atoms with E-state index in [4.69, 9.17) is 21.7 Å². The van der Waals surface area contributed by atoms with Crippen LogP contribution in [0.1, 0.15) is 48.2 Å². The highest BCUT2D eigenvalue weighted by Crippen LogP contribution is 2.31. The molecule has 0 spiro atoms. The van der Waals surface area contributed by atoms with Gasteiger partial charge < -0.3 is 20.2 Å². The standard InChI is InChI=1S/C20H22N2O4S/c1-12-7-8-14(16-9-10-17(26-16)19(24)25)15(11-12)21-20(27)22-18(23)13-5-3-2-4-6-13/h7-11,13H,2-6H2,1H3,(H,24,25)(H2,21,22,23,27). The number of hydrogen-bond donors (Lipinski definition) is 3. The van der Waals surface area contributed by atoms with Gasteiger partial charge in [-0.05, 0) is 61.8 Å². The minimum absolute atomic E-state index is 0.0127. The first kappa shape index (κ1) is 19.1. The molecule has 1 fully saturated rings. The van der Waals surface area contributed by atoms with E-state index in [1.807, 2.05) is 25.1 Å². The van der Waals surface area contributed by atoms with E-state index in [1.165, 1.54) is 12.5 Å². The molecule has 0 saturated heterocycles. The third-order valence-electron chi connectivity index (χ3n) is 4.72. The first-order valence-electron chi connectivity index (χ1n) is 9.00. The summed E-state index contributed by atoms with van der Waals surface area (Å²) in [6, 6.07) is 8.60. The van der Waals surface area contributed by atoms with Gasteiger partial charge in [-0.2, -0.15) is 0 Å². The Morgan fingerprint density at radius 1 is 1.15 bits per heavy atom. The average Bonchev–Trinajstić information content (AvgIpc) is 3.12. The molecule has 0 radical (unpaired) electrons. The van der Waals surface area contributed by atoms with Crippen LogP contribution < -0.4 is 10.6 Å². The van der Waals surface area contributed by atoms with E-state index in [-0.39, 0.29) is 22.7 Å². The minimum atomic E-state index is -1.13. The largest absolute Gasteiger partial charge is 0.475 e. The third kappa shape index (κ3) is 4.74. The molecule has 0 aliphatic heterocycles. The lowest BCUT2D eigenvalue weighted by Crippen LogP contribution is -2.39. The number of benzene rings is 1. The van der Waals surface area contributed by atoms with E-state index >= 15 is 0 Å². The van der Waals surface area contributed by atoms with Crippen molar-refractivity contribution in [3.05, 3.63) is 41.7 Å². The highest BCUT2D eigenvalue weighted by atomic mass is 32.1. The molecule has 1 aliphatic rings. The van der Waals surface area contributed by atoms with Crippen LogP contribution in [0.15, 0.2) is 34.7 Å². The number of aryl methyl sites for hydroxylation is 1. The molecule has 0 unspecified atom stereocenters. The maximum Gasteiger partial charge on any atom is 0.371 e. The van der Waals surface area contributed by atoms with Gasteiger partial charge in [-0.15, -0.1) is 0 Å². The van der Waals surface area contributed by atoms with Gasteiger partial charge in [0, 0.05) is 11.5 Å². The van der Waals surface area contributed by atoms with Gasteiger partial charge in [0.15, 0.2) is 5.11 Å². The van der Waals surface area contributed by atoms with Gasteiger partial charge in [-0.3, -0.25) is 4.79 Å². The van der Waals surface area contributed by atoms with Crippen molar-refractivity contribution in [1.29, 1.82) is 0 Å². The van der Waals surface area contributed by atoms with Gasteiger partial charge in [0.05, 0.1) is 5.69 Å². The van der Waals surface area contributed by atoms with Gasteiger partial charge in [0.1, 0.15) is 5.76 Å². The van der Waals surface area contributed by atoms with Crippen LogP contribution in [0.5, 0.6) is 0 Å². The Morgan fingerprint density at radius 3 is 2.56 bits per heavy atom. The lowest BCUT2D eigenvalue weighted by atomic mass is 9.89. The molecule has 142 valence electrons. The number of carboxylic acids is 1. The van der Waals surface area contributed by atoms with Crippen molar-refractivity contribution in [1.82, 2.24) is 5.32 Å². The van der Waals surface area contributed by atoms with E-state index in [0.717, 1.165) is 31.2 Å². The van der Waals surface area contributed by atoms with E-state index in [9.17, 15) is 9.59 Å². The van der Waals surface area contributed by atoms with E-state index in [0.29, 0.717) is 17.0 Å². The van der Waals surface area contributed by atoms with Gasteiger partial charge in [0.2, 0.25) is 11.7 Å². The average molecular weight is 386 g/mol. The molecule has 1 aliphatic carbocycles. The lowest BCUT2D eigenvalue weighted by Gasteiger charge is -2.21. The monoisotopic (exact) mass is 386 g/mol. The van der Waals surface area contributed by atoms with E-state index in [2.05, 4.69) is 10.6 Å². The van der Waals surface area contributed by atoms with Crippen LogP contribution in [-0.2, 0) is 4.79 Å². The molecule has 7 heteroatoms. The molecule has 0 atom stereocenters. The Labute approximate surface area is 163 Å². The molecule has 2 aromatic rings. The van der Waals surface area contributed by atoms with Crippen LogP contribution in [0.3, 0.4) is 0 Å². The molecular weight excluding hydrogens is 364 g/mol. The fourth-order valence-electron chi connectivity index (χ4n) is 3.31. The summed E-state index contributed by atoms with van der Waals surface area (Å²) in [6.45, 7) is 1.93. The number of carboxylic acid groups (broad SMARTS) is 1. The Bertz CT molecular complexity index is 869. The van der Waals surface area contributed by atoms with Crippen LogP contribution >= 0.6 is 12.2 Å². The number of carbonyl (C=O) groups is 2. The zero-order chi connectivity index (χ0) is 19.4. The van der Waals surface area contributed by atoms with Crippen LogP contribution in [0, 0.1) is 12.8 Å². The van der Waals surface area contributed by atoms with Crippen LogP contribution in [0.25, 0.3) is 11.3 Å². The summed E-state index contributed by atoms with van der Waals surface area (Å²) >= 11 is 5.31. The van der Waals surface area contributed by atoms with E-state index in [1.54, 1.807) is 6.07 Å². The molecular formula is C20H22N2O4S. The number of nitrogens with one attached hydrogen (secondary N) is 2. The number of furan rings is 1. The Balaban J connectivity index is 1.75. The van der Waals surface area contributed by atoms with Gasteiger partial charge in [-0.1, -0.05) is 25.3 Å². The number of rotatable bonds is 4. The summed E-state index contributed by atoms with van der Waals surface area (Å²) < 4.78 is 5.40. The van der Waals surface area contributed by atoms with Crippen molar-refractivity contribution in [3.8, 4) is 11.3 Å². The molecule has 1 aromatic heterocycles. The summed E-state index contributed by atoms with van der Waals surface area (Å²) in [7, 11) is 0. The number of carbonyl (C=O) groups excluding carboxylic acids is 1. The molecule has 1 heterocycles. The van der Waals surface area contributed by atoms with Crippen molar-refractivity contribution in [3.63, 3.8) is 0 Å². The lowest BCUT2D eigenvalue weighted by molar-refractivity contribution is -0.124. The number of aromatic carboxylic acids is 1. The highest BCUT2D eigenvalue weighted by molar-refractivity contribution is 7.80. The quantitative estimate of drug-likeness (QED) is 0.677. The van der Waals surface area contributed by atoms with Crippen molar-refractivity contribution in [2.75, 3.05) is 5.32 Å². The predicted octanol–water partition coefficient (Wildman–Crippen LogP) is 4.35. The van der Waals surface area contributed by atoms with Crippen LogP contribution in [0.4, 0.5) is 5.69 Å². The second kappa shape index (κ2) is 8.35. The molecule has 1 saturated carbocycles. The first-order chi connectivity index (χ1) is 12.9. The third-order valence-corrected chi connectivity index (χ3v) is 4.92. The molecule has 3 rings (SSSR count). The predicted molar refractivity (Wildman–Crippen MR) is 107 cm³/mol. The smallest absolute Gasteiger partial charge is 0.371 e. The SMILES string of the molecule is Cc1ccc(-c2ccc(C(=O)O)o2)c(NC(=S)NC(=O)C2CCCCC2)c1. The zero-order valence-corrected chi connectivity index (χ0v) is 15.9. The summed E-state index contributed by atoms with van der Waals surface area (Å²) in [4.78, 5) is 23.4. The normalized spacial score (nSPS) is 14.6. The van der Waals surface area contributed by atoms with Gasteiger partial charge in [0.25, 0.3) is 0 Å². The molecule has 0 bridgehead atoms. The number of amides is 1. The van der Waals surface area contributed by atoms with Crippen molar-refractivity contribution >= 4 is 34.9 Å². The van der Waals surface area contributed by atoms with Gasteiger partial charge in [-0.25, -0.2) is 4.79 Å². The van der Waals surface area contributed by atoms with Crippen molar-refractivity contribution < 1.29 is 19.1 Å². The first-order valence-corrected chi connectivity index (χ1v) is 9.41. The van der Waals surface area contributed by atoms with Crippen LogP contribution in [0.2, 0.25) is 0 Å². The summed E-state index contributed by atoms with van der Waals surface area (Å²) in [5.74, 6) is -0.884. The topological polar surface area (TPSA) is 91.6 Å². The summed E-state index contributed by atoms with van der Waals surface area (Å²) in [6.07, 6.45) is 5.12. The zero-order valence-electron chi connectivity index (χ0n) is 15.1. The summed E-state index contributed by atoms with van der Waals surface area (Å²) in [5, 5.41) is 15.1. The maximum atomic E-state index is 12.4. The maximum absolute atomic E-state index is 12.4. The van der Waals surface area contributed by atoms with Crippen molar-refractivity contribution in [2.45, 2.75) is 39.0 Å². The molecule has 1 aromatic carbocycles. The Hall–Kier alpha value is -2.67. The second-order valence-corrected chi connectivity index (χ2v) is 7.20. The van der Waals surface area contributed by atoms with Crippen molar-refractivity contribution in [2.24, 2.45) is 5.92 Å². The highest BCUT2D eigenvalue weighted by Gasteiger charge is 2.22. The summed E-state index contributed by atoms with van der Waals surface area (Å²) in [5.41, 5.74) is 2.31. The van der Waals surface area contributed by atoms with Crippen LogP contribution in [-0.4, -0.2) is 22.1 Å². The molecule has 27 heavy (non-hydrogen) atoms. The number of anilines is 1. The molecule has 6 nitrogen and oxygen atoms in total. The number of thiocarbonyl (C=S) groups is 1. The fraction of sp³-hybridized carbons (Fsp3) is 0.350.